The number of ether oxygens (including phenoxy) is 1. The molecular formula is C13H15FN2O2. The standard InChI is InChI=1S/C13H15FN2O2/c1-13(2,3)16-12(17)8-18-11-5-4-9(7-15)6-10(11)14/h4-6H,8H2,1-3H3,(H,16,17). The third-order valence-electron chi connectivity index (χ3n) is 1.93. The van der Waals surface area contributed by atoms with Gasteiger partial charge in [0.15, 0.2) is 18.2 Å². The fourth-order valence-corrected chi connectivity index (χ4v) is 1.29. The van der Waals surface area contributed by atoms with Gasteiger partial charge in [-0.1, -0.05) is 0 Å². The first-order chi connectivity index (χ1) is 8.31. The minimum Gasteiger partial charge on any atom is -0.481 e. The lowest BCUT2D eigenvalue weighted by Crippen LogP contribution is -2.43. The van der Waals surface area contributed by atoms with Gasteiger partial charge in [-0.2, -0.15) is 5.26 Å². The highest BCUT2D eigenvalue weighted by Crippen LogP contribution is 2.17. The number of benzene rings is 1. The van der Waals surface area contributed by atoms with Crippen molar-refractivity contribution in [1.82, 2.24) is 5.32 Å². The summed E-state index contributed by atoms with van der Waals surface area (Å²) in [6, 6.07) is 5.64. The van der Waals surface area contributed by atoms with E-state index in [9.17, 15) is 9.18 Å². The van der Waals surface area contributed by atoms with Crippen molar-refractivity contribution in [2.45, 2.75) is 26.3 Å². The summed E-state index contributed by atoms with van der Waals surface area (Å²) in [7, 11) is 0. The maximum Gasteiger partial charge on any atom is 0.258 e. The van der Waals surface area contributed by atoms with Crippen molar-refractivity contribution in [3.63, 3.8) is 0 Å². The summed E-state index contributed by atoms with van der Waals surface area (Å²) in [5.74, 6) is -1.03. The zero-order valence-electron chi connectivity index (χ0n) is 10.6. The van der Waals surface area contributed by atoms with Crippen molar-refractivity contribution in [3.8, 4) is 11.8 Å². The molecule has 0 radical (unpaired) electrons. The van der Waals surface area contributed by atoms with Crippen LogP contribution in [0.1, 0.15) is 26.3 Å². The summed E-state index contributed by atoms with van der Waals surface area (Å²) < 4.78 is 18.5. The quantitative estimate of drug-likeness (QED) is 0.892. The Labute approximate surface area is 105 Å². The topological polar surface area (TPSA) is 62.1 Å². The molecule has 0 atom stereocenters. The van der Waals surface area contributed by atoms with Crippen molar-refractivity contribution < 1.29 is 13.9 Å². The van der Waals surface area contributed by atoms with Crippen molar-refractivity contribution in [2.24, 2.45) is 0 Å². The lowest BCUT2D eigenvalue weighted by atomic mass is 10.1. The van der Waals surface area contributed by atoms with Gasteiger partial charge < -0.3 is 10.1 Å². The van der Waals surface area contributed by atoms with Crippen LogP contribution in [0.15, 0.2) is 18.2 Å². The number of nitriles is 1. The summed E-state index contributed by atoms with van der Waals surface area (Å²) in [5.41, 5.74) is -0.150. The van der Waals surface area contributed by atoms with Gasteiger partial charge >= 0.3 is 0 Å². The molecule has 0 aromatic heterocycles. The second-order valence-electron chi connectivity index (χ2n) is 4.84. The van der Waals surface area contributed by atoms with E-state index in [1.165, 1.54) is 12.1 Å². The van der Waals surface area contributed by atoms with Crippen LogP contribution in [0.2, 0.25) is 0 Å². The predicted octanol–water partition coefficient (Wildman–Crippen LogP) is 1.99. The minimum absolute atomic E-state index is 0.0435. The third-order valence-corrected chi connectivity index (χ3v) is 1.93. The molecule has 0 bridgehead atoms. The third kappa shape index (κ3) is 4.42. The van der Waals surface area contributed by atoms with E-state index in [0.29, 0.717) is 0 Å². The van der Waals surface area contributed by atoms with Crippen LogP contribution in [0.3, 0.4) is 0 Å². The van der Waals surface area contributed by atoms with Crippen LogP contribution in [0.4, 0.5) is 4.39 Å². The number of halogens is 1. The Kier molecular flexibility index (Phi) is 4.27. The van der Waals surface area contributed by atoms with Crippen molar-refractivity contribution in [3.05, 3.63) is 29.6 Å². The fourth-order valence-electron chi connectivity index (χ4n) is 1.29. The molecular weight excluding hydrogens is 235 g/mol. The van der Waals surface area contributed by atoms with Crippen LogP contribution < -0.4 is 10.1 Å². The normalized spacial score (nSPS) is 10.6. The average molecular weight is 250 g/mol. The molecule has 0 heterocycles. The molecule has 1 rings (SSSR count). The first-order valence-corrected chi connectivity index (χ1v) is 5.45. The van der Waals surface area contributed by atoms with E-state index < -0.39 is 5.82 Å². The number of amides is 1. The Morgan fingerprint density at radius 2 is 2.17 bits per heavy atom. The molecule has 4 nitrogen and oxygen atoms in total. The number of nitrogens with one attached hydrogen (secondary N) is 1. The summed E-state index contributed by atoms with van der Waals surface area (Å²) in [5, 5.41) is 11.3. The second-order valence-corrected chi connectivity index (χ2v) is 4.84. The number of carbonyl (C=O) groups is 1. The van der Waals surface area contributed by atoms with E-state index in [2.05, 4.69) is 5.32 Å². The summed E-state index contributed by atoms with van der Waals surface area (Å²) in [6.45, 7) is 5.26. The van der Waals surface area contributed by atoms with Gasteiger partial charge in [-0.3, -0.25) is 4.79 Å². The number of hydrogen-bond acceptors (Lipinski definition) is 3. The smallest absolute Gasteiger partial charge is 0.258 e. The summed E-state index contributed by atoms with van der Waals surface area (Å²) >= 11 is 0. The van der Waals surface area contributed by atoms with E-state index in [1.54, 1.807) is 0 Å². The largest absolute Gasteiger partial charge is 0.481 e. The maximum atomic E-state index is 13.4. The van der Waals surface area contributed by atoms with Crippen LogP contribution in [-0.4, -0.2) is 18.1 Å². The van der Waals surface area contributed by atoms with E-state index in [0.717, 1.165) is 6.07 Å². The van der Waals surface area contributed by atoms with Crippen molar-refractivity contribution in [2.75, 3.05) is 6.61 Å². The van der Waals surface area contributed by atoms with Gasteiger partial charge in [0.05, 0.1) is 11.6 Å². The molecule has 1 aromatic carbocycles. The zero-order valence-corrected chi connectivity index (χ0v) is 10.6. The molecule has 0 unspecified atom stereocenters. The van der Waals surface area contributed by atoms with Crippen LogP contribution in [0.25, 0.3) is 0 Å². The molecule has 0 aliphatic rings. The Balaban J connectivity index is 2.59. The molecule has 0 spiro atoms. The van der Waals surface area contributed by atoms with E-state index in [4.69, 9.17) is 10.00 Å². The van der Waals surface area contributed by atoms with E-state index in [-0.39, 0.29) is 29.4 Å². The number of carbonyl (C=O) groups excluding carboxylic acids is 1. The molecule has 0 aliphatic carbocycles. The zero-order chi connectivity index (χ0) is 13.8. The Morgan fingerprint density at radius 3 is 2.67 bits per heavy atom. The predicted molar refractivity (Wildman–Crippen MR) is 64.5 cm³/mol. The lowest BCUT2D eigenvalue weighted by molar-refractivity contribution is -0.124. The molecule has 1 N–H and O–H groups in total. The van der Waals surface area contributed by atoms with Gasteiger partial charge in [0.25, 0.3) is 5.91 Å². The SMILES string of the molecule is CC(C)(C)NC(=O)COc1ccc(C#N)cc1F. The first-order valence-electron chi connectivity index (χ1n) is 5.45. The highest BCUT2D eigenvalue weighted by atomic mass is 19.1. The molecule has 96 valence electrons. The molecule has 18 heavy (non-hydrogen) atoms. The van der Waals surface area contributed by atoms with Gasteiger partial charge in [0, 0.05) is 5.54 Å². The van der Waals surface area contributed by atoms with E-state index in [1.807, 2.05) is 26.8 Å². The maximum absolute atomic E-state index is 13.4. The Morgan fingerprint density at radius 1 is 1.50 bits per heavy atom. The molecule has 1 aromatic rings. The van der Waals surface area contributed by atoms with Crippen LogP contribution >= 0.6 is 0 Å². The van der Waals surface area contributed by atoms with Crippen molar-refractivity contribution in [1.29, 1.82) is 5.26 Å². The van der Waals surface area contributed by atoms with Crippen molar-refractivity contribution >= 4 is 5.91 Å². The van der Waals surface area contributed by atoms with Gasteiger partial charge in [-0.05, 0) is 39.0 Å². The lowest BCUT2D eigenvalue weighted by Gasteiger charge is -2.20. The summed E-state index contributed by atoms with van der Waals surface area (Å²) in [6.07, 6.45) is 0. The first kappa shape index (κ1) is 14.0. The number of nitrogens with zero attached hydrogens (tertiary/aromatic N) is 1. The fraction of sp³-hybridized carbons (Fsp3) is 0.385. The van der Waals surface area contributed by atoms with Gasteiger partial charge in [0.1, 0.15) is 0 Å². The Hall–Kier alpha value is -2.09. The molecule has 5 heteroatoms. The minimum atomic E-state index is -0.655. The molecule has 1 amide bonds. The van der Waals surface area contributed by atoms with E-state index >= 15 is 0 Å². The highest BCUT2D eigenvalue weighted by Gasteiger charge is 2.14. The second kappa shape index (κ2) is 5.50. The number of hydrogen-bond donors (Lipinski definition) is 1. The van der Waals surface area contributed by atoms with Gasteiger partial charge in [-0.15, -0.1) is 0 Å². The van der Waals surface area contributed by atoms with Gasteiger partial charge in [0.2, 0.25) is 0 Å². The Bertz CT molecular complexity index is 487. The molecule has 0 aliphatic heterocycles. The number of rotatable bonds is 3. The molecule has 0 fully saturated rings. The monoisotopic (exact) mass is 250 g/mol. The molecule has 0 saturated heterocycles. The highest BCUT2D eigenvalue weighted by molar-refractivity contribution is 5.78. The van der Waals surface area contributed by atoms with Crippen LogP contribution in [0.5, 0.6) is 5.75 Å². The van der Waals surface area contributed by atoms with Crippen LogP contribution in [-0.2, 0) is 4.79 Å². The van der Waals surface area contributed by atoms with Gasteiger partial charge in [-0.25, -0.2) is 4.39 Å². The summed E-state index contributed by atoms with van der Waals surface area (Å²) in [4.78, 5) is 11.5. The molecule has 0 saturated carbocycles. The average Bonchev–Trinajstić information content (AvgIpc) is 2.25. The van der Waals surface area contributed by atoms with Crippen LogP contribution in [0, 0.1) is 17.1 Å².